The van der Waals surface area contributed by atoms with Crippen LogP contribution in [-0.2, 0) is 0 Å². The lowest BCUT2D eigenvalue weighted by molar-refractivity contribution is 0.0942. The zero-order valence-electron chi connectivity index (χ0n) is 19.4. The van der Waals surface area contributed by atoms with E-state index < -0.39 is 23.3 Å². The molecule has 1 amide bonds. The molecule has 0 bridgehead atoms. The molecule has 5 rings (SSSR count). The van der Waals surface area contributed by atoms with Crippen molar-refractivity contribution in [2.45, 2.75) is 39.0 Å². The molecule has 182 valence electrons. The smallest absolute Gasteiger partial charge is 0.251 e. The van der Waals surface area contributed by atoms with Crippen LogP contribution >= 0.6 is 0 Å². The number of amides is 1. The normalized spacial score (nSPS) is 13.8. The zero-order chi connectivity index (χ0) is 24.8. The van der Waals surface area contributed by atoms with E-state index in [1.807, 2.05) is 31.2 Å². The van der Waals surface area contributed by atoms with Gasteiger partial charge in [0.2, 0.25) is 0 Å². The minimum Gasteiger partial charge on any atom is -0.503 e. The first-order chi connectivity index (χ1) is 16.9. The Bertz CT molecular complexity index is 1300. The van der Waals surface area contributed by atoms with Crippen molar-refractivity contribution in [3.05, 3.63) is 71.7 Å². The maximum Gasteiger partial charge on any atom is 0.251 e. The van der Waals surface area contributed by atoms with Crippen molar-refractivity contribution in [2.24, 2.45) is 5.92 Å². The maximum absolute atomic E-state index is 13.1. The number of hydrogen-bond acceptors (Lipinski definition) is 5. The number of halogens is 2. The van der Waals surface area contributed by atoms with E-state index >= 15 is 0 Å². The van der Waals surface area contributed by atoms with Gasteiger partial charge in [0.05, 0.1) is 11.7 Å². The molecule has 2 aromatic carbocycles. The van der Waals surface area contributed by atoms with Crippen LogP contribution in [0.3, 0.4) is 0 Å². The van der Waals surface area contributed by atoms with Crippen molar-refractivity contribution in [3.63, 3.8) is 0 Å². The largest absolute Gasteiger partial charge is 0.503 e. The Morgan fingerprint density at radius 3 is 2.57 bits per heavy atom. The van der Waals surface area contributed by atoms with Crippen LogP contribution in [0.15, 0.2) is 48.8 Å². The number of nitrogens with one attached hydrogen (secondary N) is 2. The highest BCUT2D eigenvalue weighted by atomic mass is 19.1. The minimum absolute atomic E-state index is 0.108. The predicted octanol–water partition coefficient (Wildman–Crippen LogP) is 5.31. The van der Waals surface area contributed by atoms with Crippen molar-refractivity contribution in [2.75, 3.05) is 6.54 Å². The average molecular weight is 480 g/mol. The molecular formula is C26H27F2N5O2. The number of aromatic amines is 1. The van der Waals surface area contributed by atoms with Crippen LogP contribution in [0.2, 0.25) is 0 Å². The summed E-state index contributed by atoms with van der Waals surface area (Å²) in [5, 5.41) is 19.7. The Labute approximate surface area is 201 Å². The molecule has 0 radical (unpaired) electrons. The molecule has 7 nitrogen and oxygen atoms in total. The molecule has 35 heavy (non-hydrogen) atoms. The molecule has 2 aromatic heterocycles. The van der Waals surface area contributed by atoms with Crippen molar-refractivity contribution >= 4 is 16.8 Å². The fraction of sp³-hybridized carbons (Fsp3) is 0.308. The number of hydrogen-bond donors (Lipinski definition) is 3. The van der Waals surface area contributed by atoms with E-state index in [9.17, 15) is 13.6 Å². The monoisotopic (exact) mass is 479 g/mol. The van der Waals surface area contributed by atoms with E-state index in [2.05, 4.69) is 25.5 Å². The van der Waals surface area contributed by atoms with Crippen LogP contribution in [0, 0.1) is 24.5 Å². The van der Waals surface area contributed by atoms with E-state index in [4.69, 9.17) is 5.11 Å². The third kappa shape index (κ3) is 6.17. The predicted molar refractivity (Wildman–Crippen MR) is 129 cm³/mol. The molecule has 0 spiro atoms. The van der Waals surface area contributed by atoms with E-state index in [-0.39, 0.29) is 5.56 Å². The van der Waals surface area contributed by atoms with Gasteiger partial charge in [0.25, 0.3) is 5.91 Å². The summed E-state index contributed by atoms with van der Waals surface area (Å²) in [4.78, 5) is 20.4. The van der Waals surface area contributed by atoms with Gasteiger partial charge in [-0.15, -0.1) is 0 Å². The van der Waals surface area contributed by atoms with Gasteiger partial charge in [0.1, 0.15) is 0 Å². The fourth-order valence-electron chi connectivity index (χ4n) is 4.09. The summed E-state index contributed by atoms with van der Waals surface area (Å²) >= 11 is 0. The summed E-state index contributed by atoms with van der Waals surface area (Å²) < 4.78 is 26.3. The number of aromatic hydroxyl groups is 1. The summed E-state index contributed by atoms with van der Waals surface area (Å²) in [6.07, 6.45) is 9.31. The van der Waals surface area contributed by atoms with Gasteiger partial charge in [-0.3, -0.25) is 9.89 Å². The second-order valence-electron chi connectivity index (χ2n) is 8.70. The van der Waals surface area contributed by atoms with E-state index in [0.717, 1.165) is 53.0 Å². The van der Waals surface area contributed by atoms with Crippen molar-refractivity contribution in [1.82, 2.24) is 25.5 Å². The summed E-state index contributed by atoms with van der Waals surface area (Å²) in [5.74, 6) is -2.61. The molecule has 0 aliphatic heterocycles. The van der Waals surface area contributed by atoms with Gasteiger partial charge in [-0.2, -0.15) is 5.10 Å². The van der Waals surface area contributed by atoms with Crippen LogP contribution < -0.4 is 5.32 Å². The highest BCUT2D eigenvalue weighted by molar-refractivity contribution is 5.94. The summed E-state index contributed by atoms with van der Waals surface area (Å²) in [7, 11) is 0. The van der Waals surface area contributed by atoms with Gasteiger partial charge in [-0.1, -0.05) is 31.4 Å². The van der Waals surface area contributed by atoms with Gasteiger partial charge in [0, 0.05) is 34.9 Å². The third-order valence-corrected chi connectivity index (χ3v) is 6.05. The summed E-state index contributed by atoms with van der Waals surface area (Å²) in [6.45, 7) is 2.49. The topological polar surface area (TPSA) is 104 Å². The van der Waals surface area contributed by atoms with Crippen LogP contribution in [-0.4, -0.2) is 37.7 Å². The van der Waals surface area contributed by atoms with Crippen LogP contribution in [0.25, 0.3) is 22.3 Å². The average Bonchev–Trinajstić information content (AvgIpc) is 3.34. The molecule has 2 heterocycles. The van der Waals surface area contributed by atoms with Crippen LogP contribution in [0.1, 0.15) is 48.2 Å². The van der Waals surface area contributed by atoms with Crippen molar-refractivity contribution in [1.29, 1.82) is 0 Å². The van der Waals surface area contributed by atoms with E-state index in [1.54, 1.807) is 12.4 Å². The number of rotatable bonds is 4. The summed E-state index contributed by atoms with van der Waals surface area (Å²) in [5.41, 5.74) is 2.86. The number of aromatic nitrogens is 4. The molecule has 3 N–H and O–H groups in total. The zero-order valence-corrected chi connectivity index (χ0v) is 19.4. The third-order valence-electron chi connectivity index (χ3n) is 6.05. The van der Waals surface area contributed by atoms with Gasteiger partial charge in [0.15, 0.2) is 23.2 Å². The molecule has 0 atom stereocenters. The number of benzene rings is 2. The van der Waals surface area contributed by atoms with E-state index in [1.165, 1.54) is 19.3 Å². The Hall–Kier alpha value is -3.88. The SMILES string of the molecule is Cc1ccnc(-c2ccc3cn[nH]c3c2)n1.O=C(NCC1CCCCC1)c1cc(F)c(O)c(F)c1. The first-order valence-corrected chi connectivity index (χ1v) is 11.6. The Kier molecular flexibility index (Phi) is 7.64. The number of phenolic OH excluding ortho intramolecular Hbond substituents is 1. The van der Waals surface area contributed by atoms with Crippen LogP contribution in [0.5, 0.6) is 5.75 Å². The van der Waals surface area contributed by atoms with Gasteiger partial charge < -0.3 is 10.4 Å². The molecule has 0 unspecified atom stereocenters. The first kappa shape index (κ1) is 24.3. The Morgan fingerprint density at radius 1 is 1.11 bits per heavy atom. The molecule has 9 heteroatoms. The highest BCUT2D eigenvalue weighted by Gasteiger charge is 2.17. The number of carbonyl (C=O) groups is 1. The molecule has 1 aliphatic carbocycles. The van der Waals surface area contributed by atoms with Gasteiger partial charge in [-0.25, -0.2) is 18.7 Å². The highest BCUT2D eigenvalue weighted by Crippen LogP contribution is 2.24. The Balaban J connectivity index is 0.000000167. The van der Waals surface area contributed by atoms with Gasteiger partial charge >= 0.3 is 0 Å². The number of carbonyl (C=O) groups excluding carboxylic acids is 1. The summed E-state index contributed by atoms with van der Waals surface area (Å²) in [6, 6.07) is 9.60. The minimum atomic E-state index is -1.12. The number of fused-ring (bicyclic) bond motifs is 1. The van der Waals surface area contributed by atoms with Crippen molar-refractivity contribution in [3.8, 4) is 17.1 Å². The standard InChI is InChI=1S/C14H17F2NO2.C12H10N4/c15-11-6-10(7-12(16)13(11)18)14(19)17-8-9-4-2-1-3-5-9;1-8-4-5-13-12(15-8)9-2-3-10-7-14-16-11(10)6-9/h6-7,9,18H,1-5,8H2,(H,17,19);2-7H,1H3,(H,14,16). The number of H-pyrrole nitrogens is 1. The number of phenols is 1. The van der Waals surface area contributed by atoms with E-state index in [0.29, 0.717) is 12.5 Å². The lowest BCUT2D eigenvalue weighted by Gasteiger charge is -2.21. The second kappa shape index (κ2) is 11.0. The second-order valence-corrected chi connectivity index (χ2v) is 8.70. The molecule has 4 aromatic rings. The molecule has 1 fully saturated rings. The van der Waals surface area contributed by atoms with Crippen LogP contribution in [0.4, 0.5) is 8.78 Å². The molecule has 0 saturated heterocycles. The lowest BCUT2D eigenvalue weighted by atomic mass is 9.89. The fourth-order valence-corrected chi connectivity index (χ4v) is 4.09. The number of aryl methyl sites for hydroxylation is 1. The van der Waals surface area contributed by atoms with Crippen molar-refractivity contribution < 1.29 is 18.7 Å². The Morgan fingerprint density at radius 2 is 1.86 bits per heavy atom. The first-order valence-electron chi connectivity index (χ1n) is 11.6. The number of nitrogens with zero attached hydrogens (tertiary/aromatic N) is 3. The molecular weight excluding hydrogens is 452 g/mol. The van der Waals surface area contributed by atoms with Gasteiger partial charge in [-0.05, 0) is 49.9 Å². The maximum atomic E-state index is 13.1. The lowest BCUT2D eigenvalue weighted by Crippen LogP contribution is -2.30. The molecule has 1 saturated carbocycles. The quantitative estimate of drug-likeness (QED) is 0.368. The molecule has 1 aliphatic rings.